The number of ether oxygens (including phenoxy) is 1. The molecule has 0 saturated carbocycles. The molecular formula is C33H31F3N6O2S. The highest BCUT2D eigenvalue weighted by Gasteiger charge is 2.31. The Morgan fingerprint density at radius 2 is 1.76 bits per heavy atom. The van der Waals surface area contributed by atoms with Crippen molar-refractivity contribution in [3.63, 3.8) is 0 Å². The topological polar surface area (TPSA) is 86.7 Å². The number of thiazole rings is 1. The van der Waals surface area contributed by atoms with Gasteiger partial charge in [0, 0.05) is 28.8 Å². The predicted octanol–water partition coefficient (Wildman–Crippen LogP) is 7.98. The Hall–Kier alpha value is -4.84. The second-order valence-electron chi connectivity index (χ2n) is 10.5. The molecule has 0 atom stereocenters. The number of rotatable bonds is 8. The van der Waals surface area contributed by atoms with Crippen LogP contribution in [0.1, 0.15) is 42.7 Å². The van der Waals surface area contributed by atoms with Gasteiger partial charge in [-0.25, -0.2) is 19.5 Å². The molecule has 0 aliphatic heterocycles. The summed E-state index contributed by atoms with van der Waals surface area (Å²) in [6.45, 7) is 7.99. The number of carbonyl (C=O) groups excluding carboxylic acids is 1. The maximum atomic E-state index is 12.9. The summed E-state index contributed by atoms with van der Waals surface area (Å²) in [5, 5.41) is 6.43. The fourth-order valence-corrected chi connectivity index (χ4v) is 5.68. The van der Waals surface area contributed by atoms with E-state index < -0.39 is 12.4 Å². The van der Waals surface area contributed by atoms with Crippen LogP contribution in [0.3, 0.4) is 0 Å². The van der Waals surface area contributed by atoms with Gasteiger partial charge in [0.05, 0.1) is 11.4 Å². The zero-order valence-electron chi connectivity index (χ0n) is 25.2. The number of carbonyl (C=O) groups is 1. The third-order valence-electron chi connectivity index (χ3n) is 6.86. The van der Waals surface area contributed by atoms with Crippen LogP contribution in [-0.2, 0) is 12.8 Å². The first-order valence-electron chi connectivity index (χ1n) is 14.3. The third kappa shape index (κ3) is 8.01. The molecule has 232 valence electrons. The second kappa shape index (κ2) is 13.4. The maximum absolute atomic E-state index is 12.9. The minimum atomic E-state index is -4.75. The lowest BCUT2D eigenvalue weighted by molar-refractivity contribution is -0.274. The molecule has 0 saturated heterocycles. The molecule has 0 unspecified atom stereocenters. The van der Waals surface area contributed by atoms with Crippen molar-refractivity contribution in [3.05, 3.63) is 106 Å². The van der Waals surface area contributed by atoms with Crippen molar-refractivity contribution in [3.8, 4) is 28.5 Å². The Morgan fingerprint density at radius 1 is 1.02 bits per heavy atom. The molecule has 0 aliphatic carbocycles. The summed E-state index contributed by atoms with van der Waals surface area (Å²) in [5.74, 6) is 0.136. The van der Waals surface area contributed by atoms with Crippen molar-refractivity contribution in [2.75, 3.05) is 0 Å². The number of amides is 2. The normalized spacial score (nSPS) is 12.5. The highest BCUT2D eigenvalue weighted by molar-refractivity contribution is 7.07. The maximum Gasteiger partial charge on any atom is 0.573 e. The van der Waals surface area contributed by atoms with Crippen LogP contribution in [0.4, 0.5) is 18.0 Å². The monoisotopic (exact) mass is 632 g/mol. The molecule has 0 spiro atoms. The van der Waals surface area contributed by atoms with Crippen LogP contribution in [-0.4, -0.2) is 37.4 Å². The number of alkyl halides is 3. The molecular weight excluding hydrogens is 601 g/mol. The summed E-state index contributed by atoms with van der Waals surface area (Å²) in [6, 6.07) is 18.7. The summed E-state index contributed by atoms with van der Waals surface area (Å²) in [6.07, 6.45) is -0.875. The number of halogens is 3. The highest BCUT2D eigenvalue weighted by Crippen LogP contribution is 2.24. The molecule has 2 amide bonds. The second-order valence-corrected chi connectivity index (χ2v) is 11.4. The van der Waals surface area contributed by atoms with E-state index in [1.807, 2.05) is 41.1 Å². The van der Waals surface area contributed by atoms with Gasteiger partial charge in [0.25, 0.3) is 0 Å². The van der Waals surface area contributed by atoms with Crippen molar-refractivity contribution in [2.45, 2.75) is 53.3 Å². The fourth-order valence-electron chi connectivity index (χ4n) is 4.82. The molecule has 3 aromatic carbocycles. The van der Waals surface area contributed by atoms with E-state index in [1.165, 1.54) is 52.2 Å². The molecule has 0 fully saturated rings. The van der Waals surface area contributed by atoms with E-state index in [1.54, 1.807) is 6.92 Å². The van der Waals surface area contributed by atoms with Crippen LogP contribution >= 0.6 is 11.3 Å². The molecule has 8 nitrogen and oxygen atoms in total. The molecule has 5 aromatic rings. The Labute approximate surface area is 262 Å². The number of urea groups is 1. The molecule has 0 bridgehead atoms. The molecule has 12 heteroatoms. The predicted molar refractivity (Wildman–Crippen MR) is 168 cm³/mol. The Balaban J connectivity index is 1.27. The quantitative estimate of drug-likeness (QED) is 0.162. The van der Waals surface area contributed by atoms with Crippen molar-refractivity contribution < 1.29 is 22.7 Å². The van der Waals surface area contributed by atoms with E-state index in [0.29, 0.717) is 28.4 Å². The largest absolute Gasteiger partial charge is 0.573 e. The summed E-state index contributed by atoms with van der Waals surface area (Å²) < 4.78 is 44.7. The number of hydrogen-bond donors (Lipinski definition) is 0. The zero-order valence-corrected chi connectivity index (χ0v) is 26.0. The molecule has 5 rings (SSSR count). The van der Waals surface area contributed by atoms with Crippen LogP contribution < -0.4 is 9.54 Å². The average molecular weight is 633 g/mol. The van der Waals surface area contributed by atoms with E-state index >= 15 is 0 Å². The summed E-state index contributed by atoms with van der Waals surface area (Å²) in [4.78, 5) is 26.4. The molecule has 0 N–H and O–H groups in total. The number of aryl methyl sites for hydroxylation is 3. The molecule has 45 heavy (non-hydrogen) atoms. The van der Waals surface area contributed by atoms with Gasteiger partial charge in [-0.3, -0.25) is 4.57 Å². The lowest BCUT2D eigenvalue weighted by atomic mass is 10.1. The molecule has 2 aromatic heterocycles. The fraction of sp³-hybridized carbons (Fsp3) is 0.242. The van der Waals surface area contributed by atoms with E-state index in [9.17, 15) is 18.0 Å². The van der Waals surface area contributed by atoms with Gasteiger partial charge in [-0.2, -0.15) is 4.99 Å². The zero-order chi connectivity index (χ0) is 32.1. The van der Waals surface area contributed by atoms with Gasteiger partial charge in [-0.05, 0) is 74.2 Å². The van der Waals surface area contributed by atoms with Crippen molar-refractivity contribution in [1.82, 2.24) is 19.3 Å². The lowest BCUT2D eigenvalue weighted by Crippen LogP contribution is -2.18. The van der Waals surface area contributed by atoms with Crippen LogP contribution in [0.2, 0.25) is 0 Å². The number of aliphatic imine (C=N–C) groups is 1. The first kappa shape index (κ1) is 31.6. The Bertz CT molecular complexity index is 1900. The SMILES string of the molecule is CCCc1ccc(C)cc1-n1c(C)csc1=NC(=O)N=C(C)Cc1ccc(-c2ncn(-c3ccc(OC(F)(F)F)cc3)n2)cc1. The summed E-state index contributed by atoms with van der Waals surface area (Å²) >= 11 is 1.41. The number of aromatic nitrogens is 4. The van der Waals surface area contributed by atoms with E-state index in [2.05, 4.69) is 56.9 Å². The first-order valence-corrected chi connectivity index (χ1v) is 15.1. The van der Waals surface area contributed by atoms with E-state index in [0.717, 1.165) is 40.9 Å². The van der Waals surface area contributed by atoms with E-state index in [4.69, 9.17) is 0 Å². The molecule has 0 aliphatic rings. The summed E-state index contributed by atoms with van der Waals surface area (Å²) in [5.41, 5.74) is 7.24. The van der Waals surface area contributed by atoms with Gasteiger partial charge >= 0.3 is 12.4 Å². The highest BCUT2D eigenvalue weighted by atomic mass is 32.1. The Kier molecular flexibility index (Phi) is 9.43. The van der Waals surface area contributed by atoms with Gasteiger partial charge in [-0.1, -0.05) is 49.7 Å². The molecule has 2 heterocycles. The first-order chi connectivity index (χ1) is 21.5. The smallest absolute Gasteiger partial charge is 0.406 e. The van der Waals surface area contributed by atoms with Gasteiger partial charge in [0.15, 0.2) is 10.6 Å². The minimum Gasteiger partial charge on any atom is -0.406 e. The standard InChI is InChI=1S/C33H31F3N6O2S/c1-5-6-25-10-7-21(2)17-29(25)42-23(4)19-45-32(42)39-31(43)38-22(3)18-24-8-11-26(12-9-24)30-37-20-41(40-30)27-13-15-28(16-14-27)44-33(34,35)36/h7-17,19-20H,5-6,18H2,1-4H3. The van der Waals surface area contributed by atoms with Gasteiger partial charge in [0.2, 0.25) is 0 Å². The summed E-state index contributed by atoms with van der Waals surface area (Å²) in [7, 11) is 0. The number of hydrogen-bond acceptors (Lipinski definition) is 5. The number of benzene rings is 3. The van der Waals surface area contributed by atoms with Gasteiger partial charge < -0.3 is 4.74 Å². The third-order valence-corrected chi connectivity index (χ3v) is 7.80. The van der Waals surface area contributed by atoms with Crippen LogP contribution in [0.15, 0.2) is 88.4 Å². The van der Waals surface area contributed by atoms with Crippen LogP contribution in [0, 0.1) is 13.8 Å². The molecule has 0 radical (unpaired) electrons. The Morgan fingerprint density at radius 3 is 2.44 bits per heavy atom. The average Bonchev–Trinajstić information content (AvgIpc) is 3.61. The van der Waals surface area contributed by atoms with Gasteiger partial charge in [0.1, 0.15) is 12.1 Å². The van der Waals surface area contributed by atoms with Crippen LogP contribution in [0.25, 0.3) is 22.8 Å². The number of nitrogens with zero attached hydrogens (tertiary/aromatic N) is 6. The van der Waals surface area contributed by atoms with Crippen molar-refractivity contribution >= 4 is 23.1 Å². The lowest BCUT2D eigenvalue weighted by Gasteiger charge is -2.13. The van der Waals surface area contributed by atoms with Crippen LogP contribution in [0.5, 0.6) is 5.75 Å². The van der Waals surface area contributed by atoms with Crippen molar-refractivity contribution in [1.29, 1.82) is 0 Å². The van der Waals surface area contributed by atoms with E-state index in [-0.39, 0.29) is 5.75 Å². The minimum absolute atomic E-state index is 0.315. The van der Waals surface area contributed by atoms with Crippen molar-refractivity contribution in [2.24, 2.45) is 9.98 Å². The van der Waals surface area contributed by atoms with Gasteiger partial charge in [-0.15, -0.1) is 29.6 Å².